The lowest BCUT2D eigenvalue weighted by Gasteiger charge is -2.15. The van der Waals surface area contributed by atoms with Crippen molar-refractivity contribution >= 4 is 27.7 Å². The maximum absolute atomic E-state index is 11.9. The molecule has 4 nitrogen and oxygen atoms in total. The van der Waals surface area contributed by atoms with E-state index in [2.05, 4.69) is 40.4 Å². The van der Waals surface area contributed by atoms with Crippen molar-refractivity contribution in [2.45, 2.75) is 46.1 Å². The first-order valence-corrected chi connectivity index (χ1v) is 8.51. The van der Waals surface area contributed by atoms with Gasteiger partial charge >= 0.3 is 0 Å². The van der Waals surface area contributed by atoms with Crippen molar-refractivity contribution in [2.75, 3.05) is 6.54 Å². The second-order valence-corrected chi connectivity index (χ2v) is 6.87. The number of carbonyl (C=O) groups excluding carboxylic acids is 2. The Hall–Kier alpha value is -1.36. The molecule has 0 heterocycles. The van der Waals surface area contributed by atoms with Crippen molar-refractivity contribution in [1.82, 2.24) is 10.6 Å². The summed E-state index contributed by atoms with van der Waals surface area (Å²) in [4.78, 5) is 23.7. The Kier molecular flexibility index (Phi) is 8.17. The first-order valence-electron chi connectivity index (χ1n) is 7.71. The van der Waals surface area contributed by atoms with Crippen molar-refractivity contribution < 1.29 is 9.59 Å². The Morgan fingerprint density at radius 1 is 1.09 bits per heavy atom. The molecule has 0 aliphatic heterocycles. The van der Waals surface area contributed by atoms with Gasteiger partial charge in [-0.05, 0) is 49.9 Å². The molecule has 1 rings (SSSR count). The zero-order valence-corrected chi connectivity index (χ0v) is 15.1. The summed E-state index contributed by atoms with van der Waals surface area (Å²) in [5, 5.41) is 5.72. The molecule has 0 radical (unpaired) electrons. The maximum atomic E-state index is 11.9. The number of amides is 2. The molecule has 0 aliphatic carbocycles. The van der Waals surface area contributed by atoms with Gasteiger partial charge in [0.15, 0.2) is 0 Å². The third kappa shape index (κ3) is 7.59. The lowest BCUT2D eigenvalue weighted by atomic mass is 10.0. The number of hydrogen-bond donors (Lipinski definition) is 2. The standard InChI is InChI=1S/C17H25BrN2O2/c1-12(2)4-5-13(3)20-16(21)10-11-19-17(22)14-6-8-15(18)9-7-14/h6-9,12-13H,4-5,10-11H2,1-3H3,(H,19,22)(H,20,21). The summed E-state index contributed by atoms with van der Waals surface area (Å²) >= 11 is 3.33. The molecule has 122 valence electrons. The topological polar surface area (TPSA) is 58.2 Å². The molecule has 0 fully saturated rings. The SMILES string of the molecule is CC(C)CCC(C)NC(=O)CCNC(=O)c1ccc(Br)cc1. The van der Waals surface area contributed by atoms with E-state index in [0.717, 1.165) is 17.3 Å². The summed E-state index contributed by atoms with van der Waals surface area (Å²) in [5.74, 6) is 0.463. The van der Waals surface area contributed by atoms with E-state index in [0.29, 0.717) is 24.4 Å². The Morgan fingerprint density at radius 3 is 2.32 bits per heavy atom. The molecule has 1 aromatic carbocycles. The fraction of sp³-hybridized carbons (Fsp3) is 0.529. The number of nitrogens with one attached hydrogen (secondary N) is 2. The summed E-state index contributed by atoms with van der Waals surface area (Å²) in [5.41, 5.74) is 0.592. The minimum absolute atomic E-state index is 0.0210. The normalized spacial score (nSPS) is 12.0. The van der Waals surface area contributed by atoms with Gasteiger partial charge in [-0.1, -0.05) is 29.8 Å². The summed E-state index contributed by atoms with van der Waals surface area (Å²) in [7, 11) is 0. The van der Waals surface area contributed by atoms with Crippen LogP contribution in [0.15, 0.2) is 28.7 Å². The van der Waals surface area contributed by atoms with Crippen molar-refractivity contribution in [3.8, 4) is 0 Å². The minimum Gasteiger partial charge on any atom is -0.354 e. The van der Waals surface area contributed by atoms with Crippen LogP contribution in [0, 0.1) is 5.92 Å². The molecular weight excluding hydrogens is 344 g/mol. The number of carbonyl (C=O) groups is 2. The Balaban J connectivity index is 2.24. The van der Waals surface area contributed by atoms with Gasteiger partial charge in [-0.3, -0.25) is 9.59 Å². The van der Waals surface area contributed by atoms with Crippen LogP contribution in [-0.4, -0.2) is 24.4 Å². The molecular formula is C17H25BrN2O2. The third-order valence-corrected chi connectivity index (χ3v) is 3.86. The summed E-state index contributed by atoms with van der Waals surface area (Å²) in [6.45, 7) is 6.71. The first kappa shape index (κ1) is 18.7. The molecule has 1 aromatic rings. The van der Waals surface area contributed by atoms with Crippen LogP contribution >= 0.6 is 15.9 Å². The van der Waals surface area contributed by atoms with Gasteiger partial charge in [-0.15, -0.1) is 0 Å². The maximum Gasteiger partial charge on any atom is 0.251 e. The zero-order valence-electron chi connectivity index (χ0n) is 13.5. The minimum atomic E-state index is -0.159. The molecule has 0 aromatic heterocycles. The van der Waals surface area contributed by atoms with E-state index in [-0.39, 0.29) is 17.9 Å². The predicted molar refractivity (Wildman–Crippen MR) is 92.8 cm³/mol. The number of hydrogen-bond acceptors (Lipinski definition) is 2. The van der Waals surface area contributed by atoms with Crippen molar-refractivity contribution in [3.63, 3.8) is 0 Å². The highest BCUT2D eigenvalue weighted by molar-refractivity contribution is 9.10. The molecule has 0 aliphatic rings. The van der Waals surface area contributed by atoms with Gasteiger partial charge in [0.1, 0.15) is 0 Å². The van der Waals surface area contributed by atoms with Gasteiger partial charge in [0.2, 0.25) is 5.91 Å². The Bertz CT molecular complexity index is 486. The van der Waals surface area contributed by atoms with E-state index in [4.69, 9.17) is 0 Å². The van der Waals surface area contributed by atoms with Crippen LogP contribution in [0.1, 0.15) is 50.4 Å². The van der Waals surface area contributed by atoms with E-state index in [1.165, 1.54) is 0 Å². The molecule has 22 heavy (non-hydrogen) atoms. The number of benzene rings is 1. The lowest BCUT2D eigenvalue weighted by Crippen LogP contribution is -2.35. The highest BCUT2D eigenvalue weighted by Gasteiger charge is 2.09. The lowest BCUT2D eigenvalue weighted by molar-refractivity contribution is -0.121. The van der Waals surface area contributed by atoms with Crippen LogP contribution < -0.4 is 10.6 Å². The van der Waals surface area contributed by atoms with Gasteiger partial charge in [0.25, 0.3) is 5.91 Å². The average Bonchev–Trinajstić information content (AvgIpc) is 2.45. The molecule has 5 heteroatoms. The van der Waals surface area contributed by atoms with E-state index in [9.17, 15) is 9.59 Å². The van der Waals surface area contributed by atoms with Crippen LogP contribution in [-0.2, 0) is 4.79 Å². The molecule has 0 bridgehead atoms. The second-order valence-electron chi connectivity index (χ2n) is 5.95. The fourth-order valence-corrected chi connectivity index (χ4v) is 2.26. The highest BCUT2D eigenvalue weighted by atomic mass is 79.9. The average molecular weight is 369 g/mol. The number of rotatable bonds is 8. The van der Waals surface area contributed by atoms with Gasteiger partial charge in [0.05, 0.1) is 0 Å². The van der Waals surface area contributed by atoms with Crippen LogP contribution in [0.4, 0.5) is 0 Å². The Labute approximate surface area is 141 Å². The third-order valence-electron chi connectivity index (χ3n) is 3.33. The van der Waals surface area contributed by atoms with E-state index in [1.807, 2.05) is 19.1 Å². The summed E-state index contributed by atoms with van der Waals surface area (Å²) < 4.78 is 0.929. The monoisotopic (exact) mass is 368 g/mol. The Morgan fingerprint density at radius 2 is 1.73 bits per heavy atom. The predicted octanol–water partition coefficient (Wildman–Crippen LogP) is 3.51. The molecule has 1 atom stereocenters. The molecule has 0 spiro atoms. The van der Waals surface area contributed by atoms with Crippen molar-refractivity contribution in [3.05, 3.63) is 34.3 Å². The quantitative estimate of drug-likeness (QED) is 0.737. The first-order chi connectivity index (χ1) is 10.4. The van der Waals surface area contributed by atoms with E-state index >= 15 is 0 Å². The van der Waals surface area contributed by atoms with Crippen molar-refractivity contribution in [1.29, 1.82) is 0 Å². The van der Waals surface area contributed by atoms with Gasteiger partial charge in [-0.2, -0.15) is 0 Å². The summed E-state index contributed by atoms with van der Waals surface area (Å²) in [6.07, 6.45) is 2.38. The van der Waals surface area contributed by atoms with Gasteiger partial charge < -0.3 is 10.6 Å². The molecule has 2 amide bonds. The van der Waals surface area contributed by atoms with Crippen molar-refractivity contribution in [2.24, 2.45) is 5.92 Å². The molecule has 2 N–H and O–H groups in total. The van der Waals surface area contributed by atoms with Crippen LogP contribution in [0.3, 0.4) is 0 Å². The van der Waals surface area contributed by atoms with Gasteiger partial charge in [0, 0.05) is 29.0 Å². The van der Waals surface area contributed by atoms with E-state index in [1.54, 1.807) is 12.1 Å². The van der Waals surface area contributed by atoms with Crippen LogP contribution in [0.5, 0.6) is 0 Å². The van der Waals surface area contributed by atoms with Gasteiger partial charge in [-0.25, -0.2) is 0 Å². The molecule has 0 saturated carbocycles. The second kappa shape index (κ2) is 9.62. The number of halogens is 1. The highest BCUT2D eigenvalue weighted by Crippen LogP contribution is 2.10. The molecule has 1 unspecified atom stereocenters. The smallest absolute Gasteiger partial charge is 0.251 e. The largest absolute Gasteiger partial charge is 0.354 e. The van der Waals surface area contributed by atoms with E-state index < -0.39 is 0 Å². The molecule has 0 saturated heterocycles. The fourth-order valence-electron chi connectivity index (χ4n) is 2.00. The van der Waals surface area contributed by atoms with Crippen LogP contribution in [0.25, 0.3) is 0 Å². The van der Waals surface area contributed by atoms with Crippen LogP contribution in [0.2, 0.25) is 0 Å². The summed E-state index contributed by atoms with van der Waals surface area (Å²) in [6, 6.07) is 7.30. The zero-order chi connectivity index (χ0) is 16.5.